The lowest BCUT2D eigenvalue weighted by molar-refractivity contribution is -0.183. The molecule has 1 saturated carbocycles. The van der Waals surface area contributed by atoms with Crippen molar-refractivity contribution in [1.82, 2.24) is 9.78 Å². The van der Waals surface area contributed by atoms with Gasteiger partial charge in [-0.2, -0.15) is 18.3 Å². The van der Waals surface area contributed by atoms with E-state index in [-0.39, 0.29) is 24.5 Å². The van der Waals surface area contributed by atoms with Crippen molar-refractivity contribution in [1.29, 1.82) is 0 Å². The van der Waals surface area contributed by atoms with Gasteiger partial charge in [-0.15, -0.1) is 0 Å². The first-order chi connectivity index (χ1) is 9.84. The number of halogens is 4. The maximum Gasteiger partial charge on any atom is 0.391 e. The first kappa shape index (κ1) is 16.5. The number of Topliss-reactive ketones (excluding diaryl/α,β-unsaturated/α-hetero) is 1. The van der Waals surface area contributed by atoms with Crippen molar-refractivity contribution in [3.8, 4) is 0 Å². The Morgan fingerprint density at radius 3 is 2.52 bits per heavy atom. The van der Waals surface area contributed by atoms with Crippen LogP contribution in [0.15, 0.2) is 10.7 Å². The fraction of sp³-hybridized carbons (Fsp3) is 0.714. The maximum atomic E-state index is 12.7. The Morgan fingerprint density at radius 2 is 2.00 bits per heavy atom. The average Bonchev–Trinajstić information content (AvgIpc) is 2.79. The molecule has 0 spiro atoms. The summed E-state index contributed by atoms with van der Waals surface area (Å²) in [4.78, 5) is 12.6. The number of carbonyl (C=O) groups is 1. The maximum absolute atomic E-state index is 12.7. The Hall–Kier alpha value is -0.850. The van der Waals surface area contributed by atoms with Gasteiger partial charge in [0, 0.05) is 12.5 Å². The van der Waals surface area contributed by atoms with Crippen molar-refractivity contribution in [3.05, 3.63) is 16.4 Å². The number of hydrogen-bond acceptors (Lipinski definition) is 2. The topological polar surface area (TPSA) is 34.9 Å². The molecule has 2 rings (SSSR count). The van der Waals surface area contributed by atoms with E-state index in [2.05, 4.69) is 21.0 Å². The molecule has 0 bridgehead atoms. The highest BCUT2D eigenvalue weighted by Gasteiger charge is 2.43. The van der Waals surface area contributed by atoms with E-state index in [1.807, 2.05) is 6.92 Å². The Morgan fingerprint density at radius 1 is 1.38 bits per heavy atom. The van der Waals surface area contributed by atoms with Gasteiger partial charge < -0.3 is 0 Å². The van der Waals surface area contributed by atoms with Crippen LogP contribution in [0.1, 0.15) is 49.5 Å². The molecule has 0 aliphatic heterocycles. The summed E-state index contributed by atoms with van der Waals surface area (Å²) in [6, 6.07) is 0. The van der Waals surface area contributed by atoms with E-state index < -0.39 is 12.1 Å². The van der Waals surface area contributed by atoms with Crippen LogP contribution in [0.4, 0.5) is 13.2 Å². The lowest BCUT2D eigenvalue weighted by atomic mass is 9.79. The molecule has 0 unspecified atom stereocenters. The van der Waals surface area contributed by atoms with Gasteiger partial charge in [-0.3, -0.25) is 9.48 Å². The van der Waals surface area contributed by atoms with Crippen molar-refractivity contribution in [2.24, 2.45) is 11.8 Å². The summed E-state index contributed by atoms with van der Waals surface area (Å²) in [5.74, 6) is -1.67. The molecule has 0 amide bonds. The van der Waals surface area contributed by atoms with Gasteiger partial charge in [0.15, 0.2) is 5.78 Å². The van der Waals surface area contributed by atoms with Gasteiger partial charge in [-0.25, -0.2) is 0 Å². The molecule has 1 fully saturated rings. The van der Waals surface area contributed by atoms with Crippen LogP contribution in [0, 0.1) is 11.8 Å². The molecular weight excluding hydrogens is 349 g/mol. The van der Waals surface area contributed by atoms with E-state index in [1.54, 1.807) is 10.9 Å². The van der Waals surface area contributed by atoms with Crippen LogP contribution in [-0.4, -0.2) is 21.7 Å². The Kier molecular flexibility index (Phi) is 5.11. The number of aryl methyl sites for hydroxylation is 1. The molecule has 0 aromatic carbocycles. The molecular formula is C14H18BrF3N2O. The summed E-state index contributed by atoms with van der Waals surface area (Å²) in [6.07, 6.45) is -1.05. The van der Waals surface area contributed by atoms with Crippen molar-refractivity contribution < 1.29 is 18.0 Å². The number of hydrogen-bond donors (Lipinski definition) is 0. The monoisotopic (exact) mass is 366 g/mol. The molecule has 21 heavy (non-hydrogen) atoms. The minimum Gasteiger partial charge on any atom is -0.292 e. The molecule has 0 atom stereocenters. The highest BCUT2D eigenvalue weighted by Crippen LogP contribution is 2.40. The van der Waals surface area contributed by atoms with E-state index in [0.717, 1.165) is 6.42 Å². The zero-order chi connectivity index (χ0) is 15.6. The number of aromatic nitrogens is 2. The van der Waals surface area contributed by atoms with Gasteiger partial charge in [0.2, 0.25) is 0 Å². The number of rotatable bonds is 4. The first-order valence-corrected chi connectivity index (χ1v) is 7.96. The largest absolute Gasteiger partial charge is 0.391 e. The van der Waals surface area contributed by atoms with E-state index in [1.165, 1.54) is 0 Å². The van der Waals surface area contributed by atoms with Crippen molar-refractivity contribution in [2.75, 3.05) is 0 Å². The normalized spacial score (nSPS) is 23.3. The second-order valence-corrected chi connectivity index (χ2v) is 6.37. The van der Waals surface area contributed by atoms with Crippen LogP contribution >= 0.6 is 15.9 Å². The minimum absolute atomic E-state index is 0.0411. The Bertz CT molecular complexity index is 505. The van der Waals surface area contributed by atoms with Crippen LogP contribution in [0.25, 0.3) is 0 Å². The van der Waals surface area contributed by atoms with Crippen molar-refractivity contribution in [2.45, 2.75) is 51.7 Å². The van der Waals surface area contributed by atoms with Crippen LogP contribution in [0.2, 0.25) is 0 Å². The van der Waals surface area contributed by atoms with E-state index in [4.69, 9.17) is 0 Å². The van der Waals surface area contributed by atoms with Crippen LogP contribution < -0.4 is 0 Å². The van der Waals surface area contributed by atoms with E-state index in [9.17, 15) is 18.0 Å². The molecule has 1 aliphatic carbocycles. The number of ketones is 1. The van der Waals surface area contributed by atoms with Gasteiger partial charge >= 0.3 is 6.18 Å². The van der Waals surface area contributed by atoms with E-state index in [0.29, 0.717) is 29.6 Å². The van der Waals surface area contributed by atoms with Crippen molar-refractivity contribution >= 4 is 21.7 Å². The standard InChI is InChI=1S/C14H18BrF3N2O/c1-2-7-20-12(11(15)8-19-20)13(21)9-3-5-10(6-4-9)14(16,17)18/h8-10H,2-7H2,1H3. The van der Waals surface area contributed by atoms with Crippen LogP contribution in [-0.2, 0) is 6.54 Å². The Balaban J connectivity index is 2.07. The van der Waals surface area contributed by atoms with Gasteiger partial charge in [-0.05, 0) is 48.0 Å². The number of alkyl halides is 3. The smallest absolute Gasteiger partial charge is 0.292 e. The van der Waals surface area contributed by atoms with Gasteiger partial charge in [-0.1, -0.05) is 6.92 Å². The van der Waals surface area contributed by atoms with E-state index >= 15 is 0 Å². The Labute approximate surface area is 130 Å². The highest BCUT2D eigenvalue weighted by atomic mass is 79.9. The third-order valence-electron chi connectivity index (χ3n) is 4.02. The van der Waals surface area contributed by atoms with Crippen LogP contribution in [0.5, 0.6) is 0 Å². The molecule has 0 N–H and O–H groups in total. The third kappa shape index (κ3) is 3.67. The zero-order valence-electron chi connectivity index (χ0n) is 11.8. The molecule has 1 heterocycles. The summed E-state index contributed by atoms with van der Waals surface area (Å²) < 4.78 is 40.3. The molecule has 3 nitrogen and oxygen atoms in total. The molecule has 7 heteroatoms. The van der Waals surface area contributed by atoms with Crippen LogP contribution in [0.3, 0.4) is 0 Å². The molecule has 0 saturated heterocycles. The van der Waals surface area contributed by atoms with Gasteiger partial charge in [0.25, 0.3) is 0 Å². The number of carbonyl (C=O) groups excluding carboxylic acids is 1. The second kappa shape index (κ2) is 6.50. The average molecular weight is 367 g/mol. The minimum atomic E-state index is -4.14. The fourth-order valence-corrected chi connectivity index (χ4v) is 3.36. The third-order valence-corrected chi connectivity index (χ3v) is 4.60. The lowest BCUT2D eigenvalue weighted by Gasteiger charge is -2.29. The SMILES string of the molecule is CCCn1ncc(Br)c1C(=O)C1CCC(C(F)(F)F)CC1. The summed E-state index contributed by atoms with van der Waals surface area (Å²) in [6.45, 7) is 2.61. The fourth-order valence-electron chi connectivity index (χ4n) is 2.87. The second-order valence-electron chi connectivity index (χ2n) is 5.52. The predicted octanol–water partition coefficient (Wildman–Crippen LogP) is 4.61. The van der Waals surface area contributed by atoms with Gasteiger partial charge in [0.05, 0.1) is 16.6 Å². The highest BCUT2D eigenvalue weighted by molar-refractivity contribution is 9.10. The quantitative estimate of drug-likeness (QED) is 0.729. The molecule has 1 aliphatic rings. The first-order valence-electron chi connectivity index (χ1n) is 7.16. The summed E-state index contributed by atoms with van der Waals surface area (Å²) in [5, 5.41) is 4.14. The molecule has 1 aromatic heterocycles. The molecule has 0 radical (unpaired) electrons. The summed E-state index contributed by atoms with van der Waals surface area (Å²) >= 11 is 3.31. The van der Waals surface area contributed by atoms with Crippen molar-refractivity contribution in [3.63, 3.8) is 0 Å². The van der Waals surface area contributed by atoms with Gasteiger partial charge in [0.1, 0.15) is 5.69 Å². The zero-order valence-corrected chi connectivity index (χ0v) is 13.4. The summed E-state index contributed by atoms with van der Waals surface area (Å²) in [5.41, 5.74) is 0.493. The predicted molar refractivity (Wildman–Crippen MR) is 76.1 cm³/mol. The molecule has 118 valence electrons. The molecule has 1 aromatic rings. The number of nitrogens with zero attached hydrogens (tertiary/aromatic N) is 2. The summed E-state index contributed by atoms with van der Waals surface area (Å²) in [7, 11) is 0. The lowest BCUT2D eigenvalue weighted by Crippen LogP contribution is -2.31.